The first-order chi connectivity index (χ1) is 8.13. The lowest BCUT2D eigenvalue weighted by Gasteiger charge is -2.00. The topological polar surface area (TPSA) is 76.5 Å². The van der Waals surface area contributed by atoms with E-state index >= 15 is 0 Å². The molecule has 0 fully saturated rings. The van der Waals surface area contributed by atoms with Gasteiger partial charge in [0.25, 0.3) is 0 Å². The van der Waals surface area contributed by atoms with Crippen molar-refractivity contribution < 1.29 is 19.4 Å². The Morgan fingerprint density at radius 2 is 2.29 bits per heavy atom. The number of aliphatic hydroxyl groups is 1. The van der Waals surface area contributed by atoms with Crippen molar-refractivity contribution in [3.63, 3.8) is 0 Å². The predicted molar refractivity (Wildman–Crippen MR) is 61.1 cm³/mol. The van der Waals surface area contributed by atoms with E-state index in [1.807, 2.05) is 0 Å². The molecule has 0 bridgehead atoms. The van der Waals surface area contributed by atoms with Gasteiger partial charge in [-0.05, 0) is 19.1 Å². The zero-order valence-electron chi connectivity index (χ0n) is 9.42. The molecule has 0 aliphatic rings. The number of ether oxygens (including phenoxy) is 1. The Balaban J connectivity index is 2.63. The Kier molecular flexibility index (Phi) is 4.87. The van der Waals surface area contributed by atoms with Crippen molar-refractivity contribution >= 4 is 17.5 Å². The first kappa shape index (κ1) is 12.9. The van der Waals surface area contributed by atoms with Crippen LogP contribution in [0.1, 0.15) is 18.9 Å². The van der Waals surface area contributed by atoms with E-state index in [1.165, 1.54) is 6.20 Å². The number of allylic oxidation sites excluding steroid dienone is 1. The summed E-state index contributed by atoms with van der Waals surface area (Å²) in [6.07, 6.45) is 3.59. The summed E-state index contributed by atoms with van der Waals surface area (Å²) >= 11 is 0. The maximum Gasteiger partial charge on any atom is 0.313 e. The number of nitrogens with zero attached hydrogens (tertiary/aromatic N) is 1. The highest BCUT2D eigenvalue weighted by Gasteiger charge is 2.09. The molecule has 0 amide bonds. The third kappa shape index (κ3) is 4.46. The van der Waals surface area contributed by atoms with Crippen LogP contribution in [0.5, 0.6) is 0 Å². The first-order valence-corrected chi connectivity index (χ1v) is 5.13. The van der Waals surface area contributed by atoms with Crippen molar-refractivity contribution in [2.24, 2.45) is 0 Å². The van der Waals surface area contributed by atoms with Gasteiger partial charge in [-0.25, -0.2) is 0 Å². The lowest BCUT2D eigenvalue weighted by Crippen LogP contribution is -2.09. The SMILES string of the molecule is CCOC(=O)CC(=O)/C=C(\O)c1cccnc1. The molecule has 5 nitrogen and oxygen atoms in total. The number of carbonyl (C=O) groups is 2. The second-order valence-electron chi connectivity index (χ2n) is 3.22. The number of aliphatic hydroxyl groups excluding tert-OH is 1. The van der Waals surface area contributed by atoms with Crippen LogP contribution in [0.25, 0.3) is 5.76 Å². The van der Waals surface area contributed by atoms with Crippen LogP contribution in [0, 0.1) is 0 Å². The molecule has 1 N–H and O–H groups in total. The molecule has 0 radical (unpaired) electrons. The molecule has 0 aliphatic carbocycles. The number of hydrogen-bond donors (Lipinski definition) is 1. The Morgan fingerprint density at radius 1 is 1.53 bits per heavy atom. The number of aromatic nitrogens is 1. The third-order valence-electron chi connectivity index (χ3n) is 1.88. The van der Waals surface area contributed by atoms with Gasteiger partial charge in [0.05, 0.1) is 6.61 Å². The van der Waals surface area contributed by atoms with Gasteiger partial charge in [0.15, 0.2) is 5.78 Å². The summed E-state index contributed by atoms with van der Waals surface area (Å²) in [5.41, 5.74) is 0.421. The molecule has 0 aliphatic heterocycles. The van der Waals surface area contributed by atoms with E-state index in [9.17, 15) is 14.7 Å². The Bertz CT molecular complexity index is 425. The van der Waals surface area contributed by atoms with Gasteiger partial charge in [-0.1, -0.05) is 0 Å². The predicted octanol–water partition coefficient (Wildman–Crippen LogP) is 1.50. The lowest BCUT2D eigenvalue weighted by atomic mass is 10.2. The van der Waals surface area contributed by atoms with Crippen LogP contribution >= 0.6 is 0 Å². The molecule has 0 spiro atoms. The Hall–Kier alpha value is -2.17. The maximum absolute atomic E-state index is 11.4. The zero-order chi connectivity index (χ0) is 12.7. The maximum atomic E-state index is 11.4. The van der Waals surface area contributed by atoms with Crippen LogP contribution < -0.4 is 0 Å². The second-order valence-corrected chi connectivity index (χ2v) is 3.22. The quantitative estimate of drug-likeness (QED) is 0.362. The van der Waals surface area contributed by atoms with Crippen LogP contribution in [0.2, 0.25) is 0 Å². The van der Waals surface area contributed by atoms with Gasteiger partial charge in [0.2, 0.25) is 0 Å². The molecule has 0 atom stereocenters. The van der Waals surface area contributed by atoms with Gasteiger partial charge in [0.1, 0.15) is 12.2 Å². The van der Waals surface area contributed by atoms with Gasteiger partial charge in [0, 0.05) is 24.0 Å². The van der Waals surface area contributed by atoms with Crippen LogP contribution in [-0.4, -0.2) is 28.4 Å². The number of hydrogen-bond acceptors (Lipinski definition) is 5. The minimum atomic E-state index is -0.604. The van der Waals surface area contributed by atoms with E-state index in [0.717, 1.165) is 6.08 Å². The highest BCUT2D eigenvalue weighted by molar-refractivity contribution is 6.04. The molecular weight excluding hydrogens is 222 g/mol. The summed E-state index contributed by atoms with van der Waals surface area (Å²) in [4.78, 5) is 26.2. The first-order valence-electron chi connectivity index (χ1n) is 5.13. The van der Waals surface area contributed by atoms with Crippen molar-refractivity contribution in [3.8, 4) is 0 Å². The summed E-state index contributed by atoms with van der Waals surface area (Å²) in [6.45, 7) is 1.88. The normalized spacial score (nSPS) is 11.0. The van der Waals surface area contributed by atoms with Crippen LogP contribution in [0.4, 0.5) is 0 Å². The molecule has 0 saturated heterocycles. The average Bonchev–Trinajstić information content (AvgIpc) is 2.30. The van der Waals surface area contributed by atoms with Gasteiger partial charge in [-0.15, -0.1) is 0 Å². The Morgan fingerprint density at radius 3 is 2.88 bits per heavy atom. The summed E-state index contributed by atoms with van der Waals surface area (Å²) < 4.78 is 4.62. The summed E-state index contributed by atoms with van der Waals surface area (Å²) in [6, 6.07) is 3.24. The zero-order valence-corrected chi connectivity index (χ0v) is 9.42. The minimum Gasteiger partial charge on any atom is -0.507 e. The summed E-state index contributed by atoms with van der Waals surface area (Å²) in [5, 5.41) is 9.58. The van der Waals surface area contributed by atoms with Crippen LogP contribution in [0.15, 0.2) is 30.6 Å². The molecule has 1 aromatic rings. The molecule has 17 heavy (non-hydrogen) atoms. The number of rotatable bonds is 5. The van der Waals surface area contributed by atoms with E-state index in [0.29, 0.717) is 5.56 Å². The molecule has 1 heterocycles. The number of carbonyl (C=O) groups excluding carboxylic acids is 2. The van der Waals surface area contributed by atoms with E-state index in [1.54, 1.807) is 25.3 Å². The van der Waals surface area contributed by atoms with E-state index in [2.05, 4.69) is 9.72 Å². The highest BCUT2D eigenvalue weighted by atomic mass is 16.5. The van der Waals surface area contributed by atoms with Crippen molar-refractivity contribution in [2.75, 3.05) is 6.61 Å². The molecule has 0 saturated carbocycles. The fourth-order valence-electron chi connectivity index (χ4n) is 1.16. The van der Waals surface area contributed by atoms with E-state index in [-0.39, 0.29) is 18.8 Å². The molecular formula is C12H13NO4. The molecule has 0 unspecified atom stereocenters. The monoisotopic (exact) mass is 235 g/mol. The molecule has 90 valence electrons. The van der Waals surface area contributed by atoms with Crippen molar-refractivity contribution in [3.05, 3.63) is 36.2 Å². The van der Waals surface area contributed by atoms with Gasteiger partial charge >= 0.3 is 5.97 Å². The summed E-state index contributed by atoms with van der Waals surface area (Å²) in [7, 11) is 0. The van der Waals surface area contributed by atoms with Gasteiger partial charge in [-0.3, -0.25) is 14.6 Å². The molecule has 5 heteroatoms. The van der Waals surface area contributed by atoms with Crippen molar-refractivity contribution in [1.82, 2.24) is 4.98 Å². The van der Waals surface area contributed by atoms with Crippen molar-refractivity contribution in [1.29, 1.82) is 0 Å². The highest BCUT2D eigenvalue weighted by Crippen LogP contribution is 2.09. The average molecular weight is 235 g/mol. The van der Waals surface area contributed by atoms with E-state index < -0.39 is 11.8 Å². The molecule has 0 aromatic carbocycles. The lowest BCUT2D eigenvalue weighted by molar-refractivity contribution is -0.144. The molecule has 1 rings (SSSR count). The fourth-order valence-corrected chi connectivity index (χ4v) is 1.16. The largest absolute Gasteiger partial charge is 0.507 e. The van der Waals surface area contributed by atoms with Crippen LogP contribution in [0.3, 0.4) is 0 Å². The molecule has 1 aromatic heterocycles. The third-order valence-corrected chi connectivity index (χ3v) is 1.88. The summed E-state index contributed by atoms with van der Waals surface area (Å²) in [5.74, 6) is -1.33. The standard InChI is InChI=1S/C12H13NO4/c1-2-17-12(16)7-10(14)6-11(15)9-4-3-5-13-8-9/h3-6,8,15H,2,7H2,1H3/b11-6-. The minimum absolute atomic E-state index is 0.215. The van der Waals surface area contributed by atoms with Crippen molar-refractivity contribution in [2.45, 2.75) is 13.3 Å². The van der Waals surface area contributed by atoms with Crippen LogP contribution in [-0.2, 0) is 14.3 Å². The number of esters is 1. The second kappa shape index (κ2) is 6.42. The van der Waals surface area contributed by atoms with Gasteiger partial charge in [-0.2, -0.15) is 0 Å². The number of pyridine rings is 1. The fraction of sp³-hybridized carbons (Fsp3) is 0.250. The number of ketones is 1. The van der Waals surface area contributed by atoms with E-state index in [4.69, 9.17) is 0 Å². The Labute approximate surface area is 98.7 Å². The van der Waals surface area contributed by atoms with Gasteiger partial charge < -0.3 is 9.84 Å². The smallest absolute Gasteiger partial charge is 0.313 e.